The number of hydrogen-bond donors (Lipinski definition) is 7. The van der Waals surface area contributed by atoms with Crippen molar-refractivity contribution in [3.63, 3.8) is 0 Å². The van der Waals surface area contributed by atoms with Crippen molar-refractivity contribution in [3.8, 4) is 0 Å². The second-order valence-electron chi connectivity index (χ2n) is 29.8. The smallest absolute Gasteiger partial charge is 0.420 e. The Labute approximate surface area is 637 Å². The minimum atomic E-state index is -1.25. The molecular weight excluding hydrogens is 1480 g/mol. The van der Waals surface area contributed by atoms with Gasteiger partial charge < -0.3 is 34.9 Å². The monoisotopic (exact) mass is 1590 g/mol. The van der Waals surface area contributed by atoms with E-state index < -0.39 is 153 Å². The topological polar surface area (TPSA) is 453 Å². The molecule has 2 aliphatic rings. The van der Waals surface area contributed by atoms with Crippen LogP contribution >= 0.6 is 0 Å². The number of H-pyrrole nitrogens is 4. The molecule has 34 nitrogen and oxygen atoms in total. The van der Waals surface area contributed by atoms with Crippen molar-refractivity contribution < 1.29 is 88.4 Å². The number of ketones is 1. The molecule has 0 aromatic carbocycles. The maximum absolute atomic E-state index is 13.2. The minimum Gasteiger partial charge on any atom is -0.465 e. The third-order valence-electron chi connectivity index (χ3n) is 12.6. The summed E-state index contributed by atoms with van der Waals surface area (Å²) < 4.78 is 100. The van der Waals surface area contributed by atoms with Crippen LogP contribution in [0.15, 0.2) is 99.5 Å². The number of rotatable bonds is 16. The van der Waals surface area contributed by atoms with E-state index in [1.807, 2.05) is 123 Å². The summed E-state index contributed by atoms with van der Waals surface area (Å²) >= 11 is 0. The van der Waals surface area contributed by atoms with Gasteiger partial charge in [0.05, 0.1) is 75.5 Å². The van der Waals surface area contributed by atoms with Crippen LogP contribution in [0.5, 0.6) is 0 Å². The van der Waals surface area contributed by atoms with Gasteiger partial charge in [-0.25, -0.2) is 61.5 Å². The second-order valence-corrected chi connectivity index (χ2v) is 29.8. The summed E-state index contributed by atoms with van der Waals surface area (Å²) in [7, 11) is 0. The normalized spacial score (nSPS) is 12.5. The van der Waals surface area contributed by atoms with Crippen molar-refractivity contribution in [1.29, 1.82) is 0 Å². The number of nitrogens with one attached hydrogen (secondary N) is 7. The number of allylic oxidation sites excluding steroid dienone is 2. The molecule has 0 unspecified atom stereocenters. The Balaban J connectivity index is -0.000000617. The van der Waals surface area contributed by atoms with Crippen molar-refractivity contribution in [2.45, 2.75) is 199 Å². The van der Waals surface area contributed by atoms with Gasteiger partial charge in [0.2, 0.25) is 40.9 Å². The Morgan fingerprint density at radius 3 is 1.39 bits per heavy atom. The van der Waals surface area contributed by atoms with Crippen LogP contribution in [0, 0.1) is 56.3 Å². The zero-order valence-electron chi connectivity index (χ0n) is 62.5. The van der Waals surface area contributed by atoms with Gasteiger partial charge in [0.15, 0.2) is 18.4 Å². The number of carbonyl (C=O) groups excluding carboxylic acids is 9. The minimum absolute atomic E-state index is 0. The number of hydrogen-bond acceptors (Lipinski definition) is 21. The van der Waals surface area contributed by atoms with E-state index in [2.05, 4.69) is 22.5 Å². The molecule has 0 bridgehead atoms. The van der Waals surface area contributed by atoms with Crippen LogP contribution in [0.1, 0.15) is 184 Å². The maximum atomic E-state index is 13.2. The van der Waals surface area contributed by atoms with E-state index in [0.717, 1.165) is 38.9 Å². The molecule has 4 aromatic rings. The highest BCUT2D eigenvalue weighted by Crippen LogP contribution is 2.21. The van der Waals surface area contributed by atoms with E-state index in [9.17, 15) is 108 Å². The molecule has 0 saturated carbocycles. The van der Waals surface area contributed by atoms with Gasteiger partial charge in [-0.05, 0) is 45.8 Å². The lowest BCUT2D eigenvalue weighted by atomic mass is 9.92. The van der Waals surface area contributed by atoms with Crippen molar-refractivity contribution in [1.82, 2.24) is 64.0 Å². The van der Waals surface area contributed by atoms with Crippen molar-refractivity contribution in [2.24, 2.45) is 33.0 Å². The van der Waals surface area contributed by atoms with E-state index >= 15 is 0 Å². The van der Waals surface area contributed by atoms with E-state index in [0.29, 0.717) is 58.8 Å². The standard InChI is InChI=1S/C13H17FN2O5.C12H18FN3O4.C12H18FN3O2.C11H14FNO4.C10H13FN2O4.C9H13FN2O2.4CH4/c1-13(2,3)7-21-10(18)5-4-9(17)16-6-8(14)11(19)15-12(16)20;1-12(2,3)4-5-14-11(19)20-7-16-6-8(13)9(17)15-10(16)18;1-8-9(13)7-16(11(18)15-8)10(17)14-6-5-12(2,3)4;1-11(2,3)6-17-10(16)13-5-7(12)8(14)4-9(13)15;1-6(2)5-17-8(14)4-13-3-7(11)9(15)12-10(13)16;1-9(2,3)5-12-4-6(10)7(13)11-8(12)14;;;;/h6H,4-5,7H2,1-3H3,(H,15,19,20);6H,4-5,7H2,1-3H3,(H,14,19)(H,15,17,18);7H,1,5-6H2,2-4H3,(H,14,17)(H,15,18);5H,4,6H2,1-3H3;3,6H,4-5H2,1-2H3,(H,12,15,16);4H,5H2,1-3H3,(H,11,13,14);4*1H4. The van der Waals surface area contributed by atoms with Crippen LogP contribution in [0.4, 0.5) is 45.5 Å². The van der Waals surface area contributed by atoms with Gasteiger partial charge in [-0.15, -0.1) is 0 Å². The highest BCUT2D eigenvalue weighted by atomic mass is 19.1. The highest BCUT2D eigenvalue weighted by molar-refractivity contribution is 6.12. The van der Waals surface area contributed by atoms with Crippen LogP contribution in [-0.2, 0) is 57.9 Å². The quantitative estimate of drug-likeness (QED) is 0.0238. The van der Waals surface area contributed by atoms with E-state index in [4.69, 9.17) is 18.9 Å². The number of esters is 2. The lowest BCUT2D eigenvalue weighted by Crippen LogP contribution is -2.48. The first-order chi connectivity index (χ1) is 48.9. The van der Waals surface area contributed by atoms with Crippen molar-refractivity contribution in [2.75, 3.05) is 32.9 Å². The lowest BCUT2D eigenvalue weighted by Gasteiger charge is -2.24. The van der Waals surface area contributed by atoms with Gasteiger partial charge in [-0.2, -0.15) is 17.6 Å². The fourth-order valence-corrected chi connectivity index (χ4v) is 7.13. The predicted molar refractivity (Wildman–Crippen MR) is 399 cm³/mol. The first kappa shape index (κ1) is 106. The van der Waals surface area contributed by atoms with Gasteiger partial charge in [0.25, 0.3) is 22.2 Å². The number of Topliss-reactive ketones (excluding diaryl/α,β-unsaturated/α-hetero) is 1. The molecule has 0 aliphatic carbocycles. The Kier molecular flexibility index (Phi) is 44.9. The molecule has 0 saturated heterocycles. The molecule has 0 spiro atoms. The number of carbonyl (C=O) groups is 9. The van der Waals surface area contributed by atoms with Crippen LogP contribution in [0.2, 0.25) is 0 Å². The summed E-state index contributed by atoms with van der Waals surface area (Å²) in [6.45, 7) is 37.0. The number of urea groups is 2. The third kappa shape index (κ3) is 42.9. The zero-order valence-corrected chi connectivity index (χ0v) is 62.5. The number of ether oxygens (including phenoxy) is 4. The van der Waals surface area contributed by atoms with Crippen LogP contribution in [-0.4, -0.2) is 135 Å². The highest BCUT2D eigenvalue weighted by Gasteiger charge is 2.32. The summed E-state index contributed by atoms with van der Waals surface area (Å²) in [6, 6.07) is -1.37. The molecule has 7 N–H and O–H groups in total. The van der Waals surface area contributed by atoms with Gasteiger partial charge >= 0.3 is 58.9 Å². The molecule has 0 radical (unpaired) electrons. The average Bonchev–Trinajstić information content (AvgIpc) is 0.876. The number of alkyl carbamates (subject to hydrolysis) is 1. The molecule has 626 valence electrons. The number of aromatic amines is 4. The van der Waals surface area contributed by atoms with Gasteiger partial charge in [0, 0.05) is 26.1 Å². The largest absolute Gasteiger partial charge is 0.465 e. The predicted octanol–water partition coefficient (Wildman–Crippen LogP) is 8.89. The summed E-state index contributed by atoms with van der Waals surface area (Å²) in [4.78, 5) is 199. The fourth-order valence-electron chi connectivity index (χ4n) is 7.13. The van der Waals surface area contributed by atoms with E-state index in [-0.39, 0.29) is 101 Å². The molecule has 4 aromatic heterocycles. The van der Waals surface area contributed by atoms with Gasteiger partial charge in [0.1, 0.15) is 6.54 Å². The van der Waals surface area contributed by atoms with Gasteiger partial charge in [-0.1, -0.05) is 154 Å². The Morgan fingerprint density at radius 1 is 0.495 bits per heavy atom. The Bertz CT molecular complexity index is 4430. The SMILES string of the molecule is C.C.C.C.C=C1NC(=O)N(C(=O)NCCC(C)(C)C)C=C1F.CC(C)(C)CCNC(=O)OCn1cc(F)c(=O)[nH]c1=O.CC(C)(C)COC(=O)CCC(=O)n1cc(F)c(=O)[nH]c1=O.CC(C)(C)COC(=O)N1C=C(F)C(=O)CC1=O.CC(C)(C)Cn1cc(F)c(=O)[nH]c1=O.CC(C)COC(=O)Cn1cc(F)c(=O)[nH]c1=O. The van der Waals surface area contributed by atoms with Crippen LogP contribution in [0.25, 0.3) is 0 Å². The lowest BCUT2D eigenvalue weighted by molar-refractivity contribution is -0.146. The van der Waals surface area contributed by atoms with Crippen molar-refractivity contribution >= 4 is 53.8 Å². The van der Waals surface area contributed by atoms with Crippen molar-refractivity contribution in [3.05, 3.63) is 168 Å². The Hall–Kier alpha value is -11.3. The van der Waals surface area contributed by atoms with E-state index in [1.54, 1.807) is 15.0 Å². The molecule has 6 rings (SSSR count). The maximum Gasteiger partial charge on any atom is 0.420 e. The van der Waals surface area contributed by atoms with Crippen LogP contribution in [0.3, 0.4) is 0 Å². The van der Waals surface area contributed by atoms with E-state index in [1.165, 1.54) is 0 Å². The Morgan fingerprint density at radius 2 is 0.919 bits per heavy atom. The zero-order chi connectivity index (χ0) is 82.6. The molecular formula is C71H109F6N13O21. The number of amides is 7. The number of halogens is 6. The van der Waals surface area contributed by atoms with Gasteiger partial charge in [-0.3, -0.25) is 76.8 Å². The first-order valence-corrected chi connectivity index (χ1v) is 32.5. The number of nitrogens with zero attached hydrogens (tertiary/aromatic N) is 6. The molecule has 6 heterocycles. The molecule has 7 amide bonds. The molecule has 0 fully saturated rings. The molecule has 40 heteroatoms. The summed E-state index contributed by atoms with van der Waals surface area (Å²) in [6.07, 6.45) is 2.83. The second kappa shape index (κ2) is 47.0. The number of aromatic nitrogens is 8. The molecule has 0 atom stereocenters. The molecule has 2 aliphatic heterocycles. The first-order valence-electron chi connectivity index (χ1n) is 32.5. The summed E-state index contributed by atoms with van der Waals surface area (Å²) in [5, 5.41) is 7.23. The fraction of sp³-hybridized carbons (Fsp3) is 0.563. The molecule has 111 heavy (non-hydrogen) atoms. The summed E-state index contributed by atoms with van der Waals surface area (Å²) in [5.74, 6) is -9.87. The third-order valence-corrected chi connectivity index (χ3v) is 12.6. The average molecular weight is 1590 g/mol. The van der Waals surface area contributed by atoms with Crippen LogP contribution < -0.4 is 60.9 Å². The summed E-state index contributed by atoms with van der Waals surface area (Å²) in [5.41, 5.74) is -8.30. The number of imide groups is 2.